The first-order valence-corrected chi connectivity index (χ1v) is 7.88. The first-order valence-electron chi connectivity index (χ1n) is 6.39. The Hall–Kier alpha value is -1.14. The van der Waals surface area contributed by atoms with E-state index in [4.69, 9.17) is 0 Å². The molecule has 6 heteroatoms. The van der Waals surface area contributed by atoms with Crippen molar-refractivity contribution in [2.75, 3.05) is 11.9 Å². The smallest absolute Gasteiger partial charge is 0.244 e. The minimum atomic E-state index is -3.57. The van der Waals surface area contributed by atoms with Crippen LogP contribution in [-0.4, -0.2) is 26.0 Å². The molecule has 0 fully saturated rings. The molecular formula is C13H23N3O2S. The van der Waals surface area contributed by atoms with E-state index in [-0.39, 0.29) is 16.4 Å². The van der Waals surface area contributed by atoms with Gasteiger partial charge in [0.25, 0.3) is 0 Å². The number of rotatable bonds is 5. The van der Waals surface area contributed by atoms with Gasteiger partial charge in [0.15, 0.2) is 0 Å². The number of aromatic nitrogens is 1. The molecule has 0 aliphatic carbocycles. The van der Waals surface area contributed by atoms with Crippen LogP contribution in [0.3, 0.4) is 0 Å². The van der Waals surface area contributed by atoms with Gasteiger partial charge in [0.2, 0.25) is 10.0 Å². The topological polar surface area (TPSA) is 71.1 Å². The molecule has 19 heavy (non-hydrogen) atoms. The molecule has 1 atom stereocenters. The van der Waals surface area contributed by atoms with E-state index in [1.54, 1.807) is 18.3 Å². The SMILES string of the molecule is CCNc1ncccc1S(=O)(=O)NC(C)C(C)(C)C. The van der Waals surface area contributed by atoms with Gasteiger partial charge in [-0.05, 0) is 31.4 Å². The minimum Gasteiger partial charge on any atom is -0.369 e. The number of anilines is 1. The predicted molar refractivity (Wildman–Crippen MR) is 77.6 cm³/mol. The monoisotopic (exact) mass is 285 g/mol. The third-order valence-corrected chi connectivity index (χ3v) is 4.61. The van der Waals surface area contributed by atoms with E-state index in [0.29, 0.717) is 12.4 Å². The van der Waals surface area contributed by atoms with Gasteiger partial charge in [-0.2, -0.15) is 0 Å². The van der Waals surface area contributed by atoms with Gasteiger partial charge >= 0.3 is 0 Å². The molecule has 1 unspecified atom stereocenters. The molecule has 1 aromatic heterocycles. The first kappa shape index (κ1) is 15.9. The zero-order valence-electron chi connectivity index (χ0n) is 12.2. The van der Waals surface area contributed by atoms with Crippen LogP contribution in [0.4, 0.5) is 5.82 Å². The maximum absolute atomic E-state index is 12.4. The van der Waals surface area contributed by atoms with Gasteiger partial charge in [0.05, 0.1) is 0 Å². The standard InChI is InChI=1S/C13H23N3O2S/c1-6-14-12-11(8-7-9-15-12)19(17,18)16-10(2)13(3,4)5/h7-10,16H,6H2,1-5H3,(H,14,15). The molecule has 0 radical (unpaired) electrons. The van der Waals surface area contributed by atoms with Crippen LogP contribution in [0.15, 0.2) is 23.2 Å². The molecule has 0 spiro atoms. The van der Waals surface area contributed by atoms with Crippen molar-refractivity contribution in [3.63, 3.8) is 0 Å². The average Bonchev–Trinajstić information content (AvgIpc) is 2.28. The lowest BCUT2D eigenvalue weighted by Crippen LogP contribution is -2.41. The number of nitrogens with one attached hydrogen (secondary N) is 2. The third kappa shape index (κ3) is 4.18. The summed E-state index contributed by atoms with van der Waals surface area (Å²) in [5.41, 5.74) is -0.145. The van der Waals surface area contributed by atoms with Gasteiger partial charge in [-0.25, -0.2) is 18.1 Å². The average molecular weight is 285 g/mol. The summed E-state index contributed by atoms with van der Waals surface area (Å²) in [6, 6.07) is 3.01. The first-order chi connectivity index (χ1) is 8.68. The van der Waals surface area contributed by atoms with E-state index in [2.05, 4.69) is 15.0 Å². The number of nitrogens with zero attached hydrogens (tertiary/aromatic N) is 1. The largest absolute Gasteiger partial charge is 0.369 e. The Morgan fingerprint density at radius 3 is 2.53 bits per heavy atom. The molecule has 1 aromatic rings. The molecule has 108 valence electrons. The van der Waals surface area contributed by atoms with E-state index in [1.807, 2.05) is 34.6 Å². The Balaban J connectivity index is 3.07. The van der Waals surface area contributed by atoms with Crippen LogP contribution in [0.5, 0.6) is 0 Å². The summed E-state index contributed by atoms with van der Waals surface area (Å²) in [5.74, 6) is 0.388. The lowest BCUT2D eigenvalue weighted by molar-refractivity contribution is 0.317. The Kier molecular flexibility index (Phi) is 4.92. The highest BCUT2D eigenvalue weighted by molar-refractivity contribution is 7.89. The van der Waals surface area contributed by atoms with Crippen molar-refractivity contribution in [2.45, 2.75) is 45.6 Å². The fourth-order valence-corrected chi connectivity index (χ4v) is 2.96. The Morgan fingerprint density at radius 2 is 2.00 bits per heavy atom. The van der Waals surface area contributed by atoms with Crippen LogP contribution in [0.1, 0.15) is 34.6 Å². The lowest BCUT2D eigenvalue weighted by atomic mass is 9.89. The van der Waals surface area contributed by atoms with Crippen LogP contribution >= 0.6 is 0 Å². The van der Waals surface area contributed by atoms with Crippen molar-refractivity contribution < 1.29 is 8.42 Å². The van der Waals surface area contributed by atoms with E-state index < -0.39 is 10.0 Å². The Labute approximate surface area is 115 Å². The molecule has 0 bridgehead atoms. The molecule has 0 amide bonds. The van der Waals surface area contributed by atoms with Crippen molar-refractivity contribution >= 4 is 15.8 Å². The van der Waals surface area contributed by atoms with E-state index in [9.17, 15) is 8.42 Å². The molecule has 5 nitrogen and oxygen atoms in total. The van der Waals surface area contributed by atoms with E-state index in [0.717, 1.165) is 0 Å². The summed E-state index contributed by atoms with van der Waals surface area (Å²) in [4.78, 5) is 4.26. The van der Waals surface area contributed by atoms with Crippen LogP contribution in [0.25, 0.3) is 0 Å². The van der Waals surface area contributed by atoms with Crippen molar-refractivity contribution in [2.24, 2.45) is 5.41 Å². The second-order valence-corrected chi connectivity index (χ2v) is 7.27. The number of pyridine rings is 1. The third-order valence-electron chi connectivity index (χ3n) is 3.04. The summed E-state index contributed by atoms with van der Waals surface area (Å²) in [5, 5.41) is 2.96. The second-order valence-electron chi connectivity index (χ2n) is 5.59. The molecule has 0 saturated heterocycles. The summed E-state index contributed by atoms with van der Waals surface area (Å²) < 4.78 is 27.5. The zero-order chi connectivity index (χ0) is 14.7. The van der Waals surface area contributed by atoms with Crippen molar-refractivity contribution in [3.8, 4) is 0 Å². The summed E-state index contributed by atoms with van der Waals surface area (Å²) in [6.45, 7) is 10.4. The van der Waals surface area contributed by atoms with Crippen molar-refractivity contribution in [1.82, 2.24) is 9.71 Å². The molecule has 0 saturated carbocycles. The fourth-order valence-electron chi connectivity index (χ4n) is 1.38. The maximum Gasteiger partial charge on any atom is 0.244 e. The highest BCUT2D eigenvalue weighted by Crippen LogP contribution is 2.23. The quantitative estimate of drug-likeness (QED) is 0.870. The van der Waals surface area contributed by atoms with Gasteiger partial charge in [-0.1, -0.05) is 20.8 Å². The van der Waals surface area contributed by atoms with E-state index >= 15 is 0 Å². The molecular weight excluding hydrogens is 262 g/mol. The number of hydrogen-bond acceptors (Lipinski definition) is 4. The highest BCUT2D eigenvalue weighted by Gasteiger charge is 2.27. The minimum absolute atomic E-state index is 0.145. The van der Waals surface area contributed by atoms with Crippen LogP contribution in [0.2, 0.25) is 0 Å². The molecule has 1 heterocycles. The van der Waals surface area contributed by atoms with Gasteiger partial charge in [0.1, 0.15) is 10.7 Å². The van der Waals surface area contributed by atoms with Crippen LogP contribution in [-0.2, 0) is 10.0 Å². The van der Waals surface area contributed by atoms with Crippen molar-refractivity contribution in [3.05, 3.63) is 18.3 Å². The van der Waals surface area contributed by atoms with Crippen molar-refractivity contribution in [1.29, 1.82) is 0 Å². The normalized spacial score (nSPS) is 14.2. The van der Waals surface area contributed by atoms with Gasteiger partial charge < -0.3 is 5.32 Å². The summed E-state index contributed by atoms with van der Waals surface area (Å²) >= 11 is 0. The Bertz CT molecular complexity index is 521. The number of hydrogen-bond donors (Lipinski definition) is 2. The van der Waals surface area contributed by atoms with E-state index in [1.165, 1.54) is 0 Å². The molecule has 1 rings (SSSR count). The van der Waals surface area contributed by atoms with Gasteiger partial charge in [-0.3, -0.25) is 0 Å². The maximum atomic E-state index is 12.4. The predicted octanol–water partition coefficient (Wildman–Crippen LogP) is 2.23. The molecule has 0 aliphatic heterocycles. The summed E-state index contributed by atoms with van der Waals surface area (Å²) in [6.07, 6.45) is 1.57. The lowest BCUT2D eigenvalue weighted by Gasteiger charge is -2.28. The second kappa shape index (κ2) is 5.88. The van der Waals surface area contributed by atoms with Crippen LogP contribution in [0, 0.1) is 5.41 Å². The molecule has 0 aromatic carbocycles. The Morgan fingerprint density at radius 1 is 1.37 bits per heavy atom. The van der Waals surface area contributed by atoms with Crippen LogP contribution < -0.4 is 10.0 Å². The number of sulfonamides is 1. The van der Waals surface area contributed by atoms with Gasteiger partial charge in [0, 0.05) is 18.8 Å². The fraction of sp³-hybridized carbons (Fsp3) is 0.615. The zero-order valence-corrected chi connectivity index (χ0v) is 13.0. The highest BCUT2D eigenvalue weighted by atomic mass is 32.2. The molecule has 2 N–H and O–H groups in total. The summed E-state index contributed by atoms with van der Waals surface area (Å²) in [7, 11) is -3.57. The molecule has 0 aliphatic rings. The van der Waals surface area contributed by atoms with Gasteiger partial charge in [-0.15, -0.1) is 0 Å².